The molecule has 2 atom stereocenters. The lowest BCUT2D eigenvalue weighted by atomic mass is 10.1. The van der Waals surface area contributed by atoms with Crippen LogP contribution in [-0.2, 0) is 9.47 Å². The topological polar surface area (TPSA) is 21.8 Å². The lowest BCUT2D eigenvalue weighted by Crippen LogP contribution is -2.10. The summed E-state index contributed by atoms with van der Waals surface area (Å²) in [6.07, 6.45) is 21.7. The first-order valence-electron chi connectivity index (χ1n) is 9.39. The van der Waals surface area contributed by atoms with Crippen LogP contribution in [0.15, 0.2) is 24.8 Å². The van der Waals surface area contributed by atoms with Gasteiger partial charge in [0.25, 0.3) is 0 Å². The quantitative estimate of drug-likeness (QED) is 0.203. The summed E-state index contributed by atoms with van der Waals surface area (Å²) in [7, 11) is 0. The average molecular weight is 309 g/mol. The molecule has 2 unspecified atom stereocenters. The molecule has 0 aromatic rings. The van der Waals surface area contributed by atoms with Crippen LogP contribution in [0.1, 0.15) is 77.6 Å². The van der Waals surface area contributed by atoms with Crippen molar-refractivity contribution < 1.29 is 9.47 Å². The molecule has 1 saturated heterocycles. The summed E-state index contributed by atoms with van der Waals surface area (Å²) in [4.78, 5) is 0. The van der Waals surface area contributed by atoms with Crippen LogP contribution in [0, 0.1) is 0 Å². The van der Waals surface area contributed by atoms with Crippen LogP contribution < -0.4 is 0 Å². The van der Waals surface area contributed by atoms with Gasteiger partial charge in [-0.15, -0.1) is 6.58 Å². The summed E-state index contributed by atoms with van der Waals surface area (Å²) in [5, 5.41) is 0. The normalized spacial score (nSPS) is 18.7. The molecule has 0 spiro atoms. The van der Waals surface area contributed by atoms with E-state index in [0.29, 0.717) is 12.7 Å². The van der Waals surface area contributed by atoms with Gasteiger partial charge in [-0.3, -0.25) is 0 Å². The fourth-order valence-electron chi connectivity index (χ4n) is 2.56. The Labute approximate surface area is 138 Å². The van der Waals surface area contributed by atoms with Crippen LogP contribution in [-0.4, -0.2) is 25.4 Å². The van der Waals surface area contributed by atoms with Gasteiger partial charge in [-0.05, 0) is 12.8 Å². The zero-order chi connectivity index (χ0) is 15.9. The molecule has 0 aromatic heterocycles. The Morgan fingerprint density at radius 2 is 1.64 bits per heavy atom. The molecule has 1 fully saturated rings. The molecule has 0 radical (unpaired) electrons. The van der Waals surface area contributed by atoms with Crippen molar-refractivity contribution in [1.29, 1.82) is 0 Å². The predicted octanol–water partition coefficient (Wildman–Crippen LogP) is 5.82. The minimum absolute atomic E-state index is 0.0484. The Kier molecular flexibility index (Phi) is 12.4. The second-order valence-corrected chi connectivity index (χ2v) is 6.39. The molecule has 0 N–H and O–H groups in total. The highest BCUT2D eigenvalue weighted by molar-refractivity contribution is 4.99. The molecule has 2 nitrogen and oxygen atoms in total. The maximum absolute atomic E-state index is 5.69. The van der Waals surface area contributed by atoms with Gasteiger partial charge in [0.05, 0.1) is 19.3 Å². The number of rotatable bonds is 16. The molecule has 0 aromatic carbocycles. The third-order valence-corrected chi connectivity index (χ3v) is 4.16. The molecule has 1 aliphatic heterocycles. The number of epoxide rings is 1. The average Bonchev–Trinajstić information content (AvgIpc) is 3.35. The van der Waals surface area contributed by atoms with Crippen molar-refractivity contribution in [2.24, 2.45) is 0 Å². The molecule has 0 bridgehead atoms. The molecule has 128 valence electrons. The smallest absolute Gasteiger partial charge is 0.104 e. The van der Waals surface area contributed by atoms with Crippen LogP contribution in [0.2, 0.25) is 0 Å². The van der Waals surface area contributed by atoms with Gasteiger partial charge >= 0.3 is 0 Å². The molecule has 0 saturated carbocycles. The van der Waals surface area contributed by atoms with Crippen LogP contribution in [0.25, 0.3) is 0 Å². The Morgan fingerprint density at radius 1 is 1.05 bits per heavy atom. The van der Waals surface area contributed by atoms with Gasteiger partial charge in [-0.1, -0.05) is 82.9 Å². The van der Waals surface area contributed by atoms with E-state index in [1.807, 2.05) is 6.08 Å². The maximum atomic E-state index is 5.69. The molecule has 1 heterocycles. The second kappa shape index (κ2) is 14.0. The minimum Gasteiger partial charge on any atom is -0.371 e. The van der Waals surface area contributed by atoms with Crippen LogP contribution in [0.5, 0.6) is 0 Å². The van der Waals surface area contributed by atoms with E-state index in [4.69, 9.17) is 9.47 Å². The monoisotopic (exact) mass is 308 g/mol. The summed E-state index contributed by atoms with van der Waals surface area (Å²) in [5.41, 5.74) is 0. The first kappa shape index (κ1) is 19.4. The number of ether oxygens (including phenoxy) is 2. The van der Waals surface area contributed by atoms with Crippen molar-refractivity contribution in [2.75, 3.05) is 13.2 Å². The van der Waals surface area contributed by atoms with Crippen molar-refractivity contribution in [3.8, 4) is 0 Å². The highest BCUT2D eigenvalue weighted by atomic mass is 16.6. The second-order valence-electron chi connectivity index (χ2n) is 6.39. The van der Waals surface area contributed by atoms with E-state index in [1.54, 1.807) is 0 Å². The highest BCUT2D eigenvalue weighted by Gasteiger charge is 2.23. The van der Waals surface area contributed by atoms with Crippen LogP contribution in [0.4, 0.5) is 0 Å². The molecule has 0 aliphatic carbocycles. The van der Waals surface area contributed by atoms with E-state index in [9.17, 15) is 0 Å². The molecule has 2 heteroatoms. The van der Waals surface area contributed by atoms with Crippen molar-refractivity contribution >= 4 is 0 Å². The standard InChI is InChI=1S/C20H36O2/c1-3-5-6-7-8-9-10-11-12-13-14-15-16-19(4-2)21-17-20-18-22-20/h4,15-16,19-20H,2-3,5-14,17-18H2,1H3. The van der Waals surface area contributed by atoms with Gasteiger partial charge in [0.15, 0.2) is 0 Å². The first-order valence-corrected chi connectivity index (χ1v) is 9.39. The highest BCUT2D eigenvalue weighted by Crippen LogP contribution is 2.13. The van der Waals surface area contributed by atoms with Gasteiger partial charge < -0.3 is 9.47 Å². The number of hydrogen-bond acceptors (Lipinski definition) is 2. The molecular weight excluding hydrogens is 272 g/mol. The Balaban J connectivity index is 1.82. The van der Waals surface area contributed by atoms with Gasteiger partial charge in [0.1, 0.15) is 6.10 Å². The number of unbranched alkanes of at least 4 members (excludes halogenated alkanes) is 10. The molecule has 22 heavy (non-hydrogen) atoms. The molecule has 0 amide bonds. The Morgan fingerprint density at radius 3 is 2.18 bits per heavy atom. The van der Waals surface area contributed by atoms with E-state index in [0.717, 1.165) is 13.0 Å². The SMILES string of the molecule is C=CC(C=CCCCCCCCCCCCC)OCC1CO1. The molecule has 1 aliphatic rings. The van der Waals surface area contributed by atoms with E-state index in [1.165, 1.54) is 64.2 Å². The van der Waals surface area contributed by atoms with E-state index in [-0.39, 0.29) is 6.10 Å². The lowest BCUT2D eigenvalue weighted by molar-refractivity contribution is 0.0991. The van der Waals surface area contributed by atoms with Gasteiger partial charge in [0.2, 0.25) is 0 Å². The number of allylic oxidation sites excluding steroid dienone is 1. The zero-order valence-corrected chi connectivity index (χ0v) is 14.6. The zero-order valence-electron chi connectivity index (χ0n) is 14.6. The largest absolute Gasteiger partial charge is 0.371 e. The Hall–Kier alpha value is -0.600. The fraction of sp³-hybridized carbons (Fsp3) is 0.800. The predicted molar refractivity (Wildman–Crippen MR) is 95.3 cm³/mol. The first-order chi connectivity index (χ1) is 10.9. The van der Waals surface area contributed by atoms with Crippen molar-refractivity contribution in [1.82, 2.24) is 0 Å². The third-order valence-electron chi connectivity index (χ3n) is 4.16. The number of hydrogen-bond donors (Lipinski definition) is 0. The van der Waals surface area contributed by atoms with Crippen molar-refractivity contribution in [3.05, 3.63) is 24.8 Å². The minimum atomic E-state index is 0.0484. The van der Waals surface area contributed by atoms with Crippen LogP contribution >= 0.6 is 0 Å². The van der Waals surface area contributed by atoms with Gasteiger partial charge in [-0.25, -0.2) is 0 Å². The van der Waals surface area contributed by atoms with E-state index < -0.39 is 0 Å². The van der Waals surface area contributed by atoms with E-state index in [2.05, 4.69) is 25.7 Å². The van der Waals surface area contributed by atoms with Crippen molar-refractivity contribution in [2.45, 2.75) is 89.8 Å². The van der Waals surface area contributed by atoms with E-state index >= 15 is 0 Å². The lowest BCUT2D eigenvalue weighted by Gasteiger charge is -2.07. The fourth-order valence-corrected chi connectivity index (χ4v) is 2.56. The summed E-state index contributed by atoms with van der Waals surface area (Å²) in [5.74, 6) is 0. The summed E-state index contributed by atoms with van der Waals surface area (Å²) in [6.45, 7) is 7.64. The van der Waals surface area contributed by atoms with Gasteiger partial charge in [0, 0.05) is 0 Å². The van der Waals surface area contributed by atoms with Gasteiger partial charge in [-0.2, -0.15) is 0 Å². The Bertz CT molecular complexity index is 281. The third kappa shape index (κ3) is 12.0. The molecular formula is C20H36O2. The van der Waals surface area contributed by atoms with Crippen LogP contribution in [0.3, 0.4) is 0 Å². The summed E-state index contributed by atoms with van der Waals surface area (Å²) >= 11 is 0. The van der Waals surface area contributed by atoms with Crippen molar-refractivity contribution in [3.63, 3.8) is 0 Å². The maximum Gasteiger partial charge on any atom is 0.104 e. The molecule has 1 rings (SSSR count). The summed E-state index contributed by atoms with van der Waals surface area (Å²) in [6, 6.07) is 0. The summed E-state index contributed by atoms with van der Waals surface area (Å²) < 4.78 is 10.8.